The Hall–Kier alpha value is -3.96. The highest BCUT2D eigenvalue weighted by atomic mass is 32.2. The second-order valence-corrected chi connectivity index (χ2v) is 10.5. The van der Waals surface area contributed by atoms with Crippen molar-refractivity contribution in [3.63, 3.8) is 0 Å². The molecule has 2 heterocycles. The molecule has 0 unspecified atom stereocenters. The molecule has 39 heavy (non-hydrogen) atoms. The van der Waals surface area contributed by atoms with Crippen LogP contribution < -0.4 is 19.7 Å². The molecule has 0 atom stereocenters. The van der Waals surface area contributed by atoms with E-state index in [0.717, 1.165) is 21.2 Å². The summed E-state index contributed by atoms with van der Waals surface area (Å²) < 4.78 is 12.4. The summed E-state index contributed by atoms with van der Waals surface area (Å²) in [6, 6.07) is 20.8. The topological polar surface area (TPSA) is 98.6 Å². The Morgan fingerprint density at radius 1 is 0.923 bits per heavy atom. The van der Waals surface area contributed by atoms with Crippen LogP contribution in [0.25, 0.3) is 0 Å². The minimum absolute atomic E-state index is 0.0471. The van der Waals surface area contributed by atoms with Crippen molar-refractivity contribution in [2.45, 2.75) is 35.0 Å². The van der Waals surface area contributed by atoms with Crippen molar-refractivity contribution in [3.05, 3.63) is 78.1 Å². The Balaban J connectivity index is 1.27. The van der Waals surface area contributed by atoms with Gasteiger partial charge in [0.2, 0.25) is 5.91 Å². The molecule has 9 nitrogen and oxygen atoms in total. The Kier molecular flexibility index (Phi) is 8.08. The van der Waals surface area contributed by atoms with Crippen molar-refractivity contribution < 1.29 is 19.1 Å². The van der Waals surface area contributed by atoms with E-state index in [0.29, 0.717) is 34.6 Å². The van der Waals surface area contributed by atoms with Crippen molar-refractivity contribution in [2.75, 3.05) is 24.9 Å². The molecule has 1 aromatic heterocycles. The summed E-state index contributed by atoms with van der Waals surface area (Å²) >= 11 is 2.99. The van der Waals surface area contributed by atoms with Gasteiger partial charge in [0, 0.05) is 21.9 Å². The highest BCUT2D eigenvalue weighted by Gasteiger charge is 2.28. The highest BCUT2D eigenvalue weighted by molar-refractivity contribution is 8.00. The molecule has 200 valence electrons. The minimum atomic E-state index is -0.272. The summed E-state index contributed by atoms with van der Waals surface area (Å²) in [4.78, 5) is 30.2. The number of hydrogen-bond acceptors (Lipinski definition) is 8. The number of thioether (sulfide) groups is 1. The summed E-state index contributed by atoms with van der Waals surface area (Å²) in [6.45, 7) is 2.76. The molecule has 0 fully saturated rings. The summed E-state index contributed by atoms with van der Waals surface area (Å²) in [7, 11) is 3.07. The number of hydrogen-bond donors (Lipinski definition) is 1. The normalized spacial score (nSPS) is 11.9. The number of nitrogens with zero attached hydrogens (tertiary/aromatic N) is 4. The van der Waals surface area contributed by atoms with Crippen LogP contribution in [-0.4, -0.2) is 46.6 Å². The van der Waals surface area contributed by atoms with Gasteiger partial charge in [-0.05, 0) is 49.4 Å². The van der Waals surface area contributed by atoms with Gasteiger partial charge in [0.25, 0.3) is 5.91 Å². The first-order valence-electron chi connectivity index (χ1n) is 12.3. The van der Waals surface area contributed by atoms with Gasteiger partial charge in [-0.15, -0.1) is 10.2 Å². The summed E-state index contributed by atoms with van der Waals surface area (Å²) in [5.74, 6) is 1.49. The van der Waals surface area contributed by atoms with E-state index in [1.165, 1.54) is 18.9 Å². The first-order valence-corrected chi connectivity index (χ1v) is 14.1. The molecule has 4 aromatic rings. The van der Waals surface area contributed by atoms with Gasteiger partial charge in [-0.25, -0.2) is 0 Å². The van der Waals surface area contributed by atoms with Crippen LogP contribution in [0.2, 0.25) is 0 Å². The molecule has 0 saturated carbocycles. The molecule has 0 spiro atoms. The van der Waals surface area contributed by atoms with E-state index >= 15 is 0 Å². The lowest BCUT2D eigenvalue weighted by Crippen LogP contribution is -2.30. The van der Waals surface area contributed by atoms with Gasteiger partial charge in [0.1, 0.15) is 0 Å². The lowest BCUT2D eigenvalue weighted by molar-refractivity contribution is -0.115. The lowest BCUT2D eigenvalue weighted by Gasteiger charge is -2.30. The second-order valence-electron chi connectivity index (χ2n) is 8.45. The highest BCUT2D eigenvalue weighted by Crippen LogP contribution is 2.48. The van der Waals surface area contributed by atoms with E-state index in [-0.39, 0.29) is 24.1 Å². The van der Waals surface area contributed by atoms with Crippen molar-refractivity contribution in [1.29, 1.82) is 0 Å². The van der Waals surface area contributed by atoms with Gasteiger partial charge in [-0.3, -0.25) is 14.5 Å². The molecular formula is C28H27N5O4S2. The van der Waals surface area contributed by atoms with E-state index in [1.807, 2.05) is 60.0 Å². The summed E-state index contributed by atoms with van der Waals surface area (Å²) in [5.41, 5.74) is 2.19. The fraction of sp³-hybridized carbons (Fsp3) is 0.214. The molecule has 1 N–H and O–H groups in total. The average molecular weight is 562 g/mol. The number of benzene rings is 3. The molecule has 11 heteroatoms. The molecule has 0 saturated heterocycles. The SMILES string of the molecule is CCn1c(CNC(=O)c2ccc(OC)c(OC)c2)nnc1SCC(=O)N1c2ccccc2Sc2ccccc21. The van der Waals surface area contributed by atoms with Crippen LogP contribution >= 0.6 is 23.5 Å². The van der Waals surface area contributed by atoms with Crippen molar-refractivity contribution >= 4 is 46.7 Å². The first kappa shape index (κ1) is 26.6. The standard InChI is InChI=1S/C28H27N5O4S2/c1-4-32-25(16-29-27(35)18-13-14-21(36-2)22(15-18)37-3)30-31-28(32)38-17-26(34)33-19-9-5-7-11-23(19)39-24-12-8-6-10-20(24)33/h5-15H,4,16-17H2,1-3H3,(H,29,35). The maximum absolute atomic E-state index is 13.5. The molecule has 0 aliphatic carbocycles. The zero-order valence-electron chi connectivity index (χ0n) is 21.7. The number of aromatic nitrogens is 3. The van der Waals surface area contributed by atoms with E-state index in [4.69, 9.17) is 9.47 Å². The van der Waals surface area contributed by atoms with Crippen LogP contribution in [0.1, 0.15) is 23.1 Å². The number of ether oxygens (including phenoxy) is 2. The lowest BCUT2D eigenvalue weighted by atomic mass is 10.2. The smallest absolute Gasteiger partial charge is 0.251 e. The maximum Gasteiger partial charge on any atom is 0.251 e. The number of amides is 2. The zero-order valence-corrected chi connectivity index (χ0v) is 23.3. The van der Waals surface area contributed by atoms with Gasteiger partial charge in [0.05, 0.1) is 37.9 Å². The number of carbonyl (C=O) groups is 2. The largest absolute Gasteiger partial charge is 0.493 e. The van der Waals surface area contributed by atoms with Crippen LogP contribution in [0, 0.1) is 0 Å². The minimum Gasteiger partial charge on any atom is -0.493 e. The number of methoxy groups -OCH3 is 2. The predicted molar refractivity (Wildman–Crippen MR) is 151 cm³/mol. The molecule has 5 rings (SSSR count). The number of nitrogens with one attached hydrogen (secondary N) is 1. The Morgan fingerprint density at radius 2 is 1.59 bits per heavy atom. The third-order valence-corrected chi connectivity index (χ3v) is 8.25. The second kappa shape index (κ2) is 11.8. The first-order chi connectivity index (χ1) is 19.0. The fourth-order valence-electron chi connectivity index (χ4n) is 4.28. The predicted octanol–water partition coefficient (Wildman–Crippen LogP) is 5.17. The number of anilines is 2. The van der Waals surface area contributed by atoms with Crippen LogP contribution in [0.3, 0.4) is 0 Å². The molecule has 1 aliphatic heterocycles. The number of carbonyl (C=O) groups excluding carboxylic acids is 2. The van der Waals surface area contributed by atoms with Crippen LogP contribution in [0.4, 0.5) is 11.4 Å². The Labute approximate surface area is 234 Å². The van der Waals surface area contributed by atoms with Crippen LogP contribution in [-0.2, 0) is 17.9 Å². The summed E-state index contributed by atoms with van der Waals surface area (Å²) in [6.07, 6.45) is 0. The number of fused-ring (bicyclic) bond motifs is 2. The molecule has 1 aliphatic rings. The van der Waals surface area contributed by atoms with Crippen molar-refractivity contribution in [1.82, 2.24) is 20.1 Å². The van der Waals surface area contributed by atoms with Crippen molar-refractivity contribution in [3.8, 4) is 11.5 Å². The van der Waals surface area contributed by atoms with Crippen LogP contribution in [0.5, 0.6) is 11.5 Å². The van der Waals surface area contributed by atoms with Gasteiger partial charge in [-0.2, -0.15) is 0 Å². The number of rotatable bonds is 9. The average Bonchev–Trinajstić information content (AvgIpc) is 3.38. The van der Waals surface area contributed by atoms with E-state index < -0.39 is 0 Å². The summed E-state index contributed by atoms with van der Waals surface area (Å²) in [5, 5.41) is 12.1. The number of para-hydroxylation sites is 2. The van der Waals surface area contributed by atoms with Gasteiger partial charge >= 0.3 is 0 Å². The van der Waals surface area contributed by atoms with Gasteiger partial charge in [0.15, 0.2) is 22.5 Å². The van der Waals surface area contributed by atoms with Crippen molar-refractivity contribution in [2.24, 2.45) is 0 Å². The molecule has 2 amide bonds. The Bertz CT molecular complexity index is 1480. The third-order valence-electron chi connectivity index (χ3n) is 6.17. The maximum atomic E-state index is 13.5. The zero-order chi connectivity index (χ0) is 27.4. The Morgan fingerprint density at radius 3 is 2.23 bits per heavy atom. The molecule has 0 bridgehead atoms. The molecule has 0 radical (unpaired) electrons. The van der Waals surface area contributed by atoms with E-state index in [9.17, 15) is 9.59 Å². The third kappa shape index (κ3) is 5.45. The fourth-order valence-corrected chi connectivity index (χ4v) is 6.21. The monoisotopic (exact) mass is 561 g/mol. The molecule has 3 aromatic carbocycles. The van der Waals surface area contributed by atoms with Gasteiger partial charge < -0.3 is 19.4 Å². The van der Waals surface area contributed by atoms with E-state index in [1.54, 1.807) is 42.0 Å². The quantitative estimate of drug-likeness (QED) is 0.280. The van der Waals surface area contributed by atoms with Gasteiger partial charge in [-0.1, -0.05) is 47.8 Å². The molecular weight excluding hydrogens is 534 g/mol. The van der Waals surface area contributed by atoms with Crippen LogP contribution in [0.15, 0.2) is 81.7 Å². The van der Waals surface area contributed by atoms with E-state index in [2.05, 4.69) is 15.5 Å².